The molecule has 2 heterocycles. The molecule has 0 aliphatic heterocycles. The Bertz CT molecular complexity index is 858. The quantitative estimate of drug-likeness (QED) is 0.672. The summed E-state index contributed by atoms with van der Waals surface area (Å²) < 4.78 is 12.3. The minimum Gasteiger partial charge on any atom is -0.493 e. The zero-order valence-electron chi connectivity index (χ0n) is 13.5. The number of ether oxygens (including phenoxy) is 2. The van der Waals surface area contributed by atoms with E-state index in [0.717, 1.165) is 22.5 Å². The van der Waals surface area contributed by atoms with Crippen molar-refractivity contribution < 1.29 is 9.47 Å². The molecule has 2 aromatic heterocycles. The lowest BCUT2D eigenvalue weighted by Gasteiger charge is -2.10. The molecular formula is C17H18ClN3O2. The Morgan fingerprint density at radius 3 is 2.48 bits per heavy atom. The Morgan fingerprint density at radius 1 is 1.09 bits per heavy atom. The Labute approximate surface area is 139 Å². The number of aromatic nitrogens is 3. The van der Waals surface area contributed by atoms with Crippen LogP contribution in [0.4, 0.5) is 0 Å². The summed E-state index contributed by atoms with van der Waals surface area (Å²) in [7, 11) is 3.22. The molecule has 1 aromatic carbocycles. The van der Waals surface area contributed by atoms with Crippen LogP contribution in [0.15, 0.2) is 30.5 Å². The molecule has 0 saturated carbocycles. The third kappa shape index (κ3) is 2.72. The first-order chi connectivity index (χ1) is 11.0. The number of hydrogen-bond donors (Lipinski definition) is 0. The minimum absolute atomic E-state index is 0.316. The number of methoxy groups -OCH3 is 2. The predicted molar refractivity (Wildman–Crippen MR) is 90.6 cm³/mol. The van der Waals surface area contributed by atoms with Crippen molar-refractivity contribution in [2.45, 2.75) is 19.8 Å². The van der Waals surface area contributed by atoms with Crippen molar-refractivity contribution in [1.29, 1.82) is 0 Å². The molecule has 0 bridgehead atoms. The number of rotatable bonds is 4. The summed E-state index contributed by atoms with van der Waals surface area (Å²) in [6, 6.07) is 7.47. The van der Waals surface area contributed by atoms with Crippen LogP contribution in [-0.4, -0.2) is 28.8 Å². The molecule has 0 aliphatic carbocycles. The lowest BCUT2D eigenvalue weighted by atomic mass is 10.1. The number of hydrogen-bond acceptors (Lipinski definition) is 4. The topological polar surface area (TPSA) is 48.7 Å². The van der Waals surface area contributed by atoms with Crippen LogP contribution in [0.5, 0.6) is 11.5 Å². The highest BCUT2D eigenvalue weighted by Crippen LogP contribution is 2.33. The molecule has 3 aromatic rings. The lowest BCUT2D eigenvalue weighted by molar-refractivity contribution is 0.355. The molecule has 3 rings (SSSR count). The Kier molecular flexibility index (Phi) is 4.13. The van der Waals surface area contributed by atoms with Gasteiger partial charge in [0.25, 0.3) is 0 Å². The second-order valence-electron chi connectivity index (χ2n) is 5.52. The molecule has 0 spiro atoms. The van der Waals surface area contributed by atoms with E-state index in [0.29, 0.717) is 22.6 Å². The fourth-order valence-corrected chi connectivity index (χ4v) is 2.72. The molecular weight excluding hydrogens is 314 g/mol. The third-order valence-electron chi connectivity index (χ3n) is 3.76. The van der Waals surface area contributed by atoms with E-state index >= 15 is 0 Å². The molecule has 0 amide bonds. The van der Waals surface area contributed by atoms with Crippen LogP contribution < -0.4 is 9.47 Å². The zero-order chi connectivity index (χ0) is 16.6. The van der Waals surface area contributed by atoms with E-state index in [-0.39, 0.29) is 0 Å². The highest BCUT2D eigenvalue weighted by molar-refractivity contribution is 6.30. The normalized spacial score (nSPS) is 11.2. The van der Waals surface area contributed by atoms with E-state index in [1.807, 2.05) is 24.4 Å². The summed E-state index contributed by atoms with van der Waals surface area (Å²) in [5, 5.41) is 4.83. The first-order valence-corrected chi connectivity index (χ1v) is 7.69. The summed E-state index contributed by atoms with van der Waals surface area (Å²) in [5.74, 6) is 1.65. The molecule has 0 atom stereocenters. The van der Waals surface area contributed by atoms with E-state index in [9.17, 15) is 0 Å². The summed E-state index contributed by atoms with van der Waals surface area (Å²) in [4.78, 5) is 4.74. The molecule has 0 radical (unpaired) electrons. The average molecular weight is 332 g/mol. The summed E-state index contributed by atoms with van der Waals surface area (Å²) in [6.07, 6.45) is 1.82. The number of nitrogens with zero attached hydrogens (tertiary/aromatic N) is 3. The highest BCUT2D eigenvalue weighted by atomic mass is 35.5. The van der Waals surface area contributed by atoms with Crippen molar-refractivity contribution in [2.75, 3.05) is 14.2 Å². The van der Waals surface area contributed by atoms with Crippen LogP contribution in [-0.2, 0) is 0 Å². The van der Waals surface area contributed by atoms with Gasteiger partial charge in [-0.05, 0) is 24.1 Å². The van der Waals surface area contributed by atoms with Crippen molar-refractivity contribution in [1.82, 2.24) is 14.6 Å². The molecule has 0 aliphatic rings. The lowest BCUT2D eigenvalue weighted by Crippen LogP contribution is -1.97. The molecule has 6 heteroatoms. The zero-order valence-corrected chi connectivity index (χ0v) is 14.3. The smallest absolute Gasteiger partial charge is 0.161 e. The predicted octanol–water partition coefficient (Wildman–Crippen LogP) is 4.19. The van der Waals surface area contributed by atoms with Gasteiger partial charge in [-0.15, -0.1) is 0 Å². The van der Waals surface area contributed by atoms with Crippen LogP contribution in [0.25, 0.3) is 16.9 Å². The first kappa shape index (κ1) is 15.6. The Hall–Kier alpha value is -2.27. The molecule has 0 N–H and O–H groups in total. The molecule has 0 fully saturated rings. The number of fused-ring (bicyclic) bond motifs is 1. The van der Waals surface area contributed by atoms with Crippen molar-refractivity contribution in [3.05, 3.63) is 41.2 Å². The van der Waals surface area contributed by atoms with E-state index in [1.54, 1.807) is 24.8 Å². The van der Waals surface area contributed by atoms with Crippen LogP contribution in [0.1, 0.15) is 25.3 Å². The fraction of sp³-hybridized carbons (Fsp3) is 0.294. The van der Waals surface area contributed by atoms with Gasteiger partial charge < -0.3 is 9.47 Å². The van der Waals surface area contributed by atoms with Gasteiger partial charge in [0.15, 0.2) is 17.1 Å². The largest absolute Gasteiger partial charge is 0.493 e. The van der Waals surface area contributed by atoms with Gasteiger partial charge >= 0.3 is 0 Å². The van der Waals surface area contributed by atoms with Crippen LogP contribution in [0.2, 0.25) is 5.15 Å². The van der Waals surface area contributed by atoms with Crippen LogP contribution in [0, 0.1) is 0 Å². The maximum absolute atomic E-state index is 6.37. The van der Waals surface area contributed by atoms with Crippen molar-refractivity contribution in [3.8, 4) is 22.8 Å². The van der Waals surface area contributed by atoms with Gasteiger partial charge in [0.1, 0.15) is 5.15 Å². The van der Waals surface area contributed by atoms with Crippen molar-refractivity contribution in [3.63, 3.8) is 0 Å². The van der Waals surface area contributed by atoms with E-state index < -0.39 is 0 Å². The molecule has 120 valence electrons. The number of benzene rings is 1. The first-order valence-electron chi connectivity index (χ1n) is 7.31. The van der Waals surface area contributed by atoms with E-state index in [4.69, 9.17) is 26.1 Å². The fourth-order valence-electron chi connectivity index (χ4n) is 2.49. The van der Waals surface area contributed by atoms with Crippen LogP contribution >= 0.6 is 11.6 Å². The maximum Gasteiger partial charge on any atom is 0.161 e. The Morgan fingerprint density at radius 2 is 1.83 bits per heavy atom. The van der Waals surface area contributed by atoms with Gasteiger partial charge in [-0.1, -0.05) is 25.4 Å². The standard InChI is InChI=1S/C17H18ClN3O2/c1-10(2)12-9-19-21-16(18)8-13(20-17(12)21)11-5-6-14(22-3)15(7-11)23-4/h5-10H,1-4H3. The molecule has 23 heavy (non-hydrogen) atoms. The van der Waals surface area contributed by atoms with Gasteiger partial charge in [0, 0.05) is 17.2 Å². The summed E-state index contributed by atoms with van der Waals surface area (Å²) >= 11 is 6.37. The van der Waals surface area contributed by atoms with Gasteiger partial charge in [0.05, 0.1) is 26.1 Å². The van der Waals surface area contributed by atoms with E-state index in [2.05, 4.69) is 18.9 Å². The van der Waals surface area contributed by atoms with Gasteiger partial charge in [-0.2, -0.15) is 5.10 Å². The summed E-state index contributed by atoms with van der Waals surface area (Å²) in [5.41, 5.74) is 3.51. The average Bonchev–Trinajstić information content (AvgIpc) is 2.98. The van der Waals surface area contributed by atoms with Crippen molar-refractivity contribution in [2.24, 2.45) is 0 Å². The minimum atomic E-state index is 0.316. The highest BCUT2D eigenvalue weighted by Gasteiger charge is 2.15. The molecule has 5 nitrogen and oxygen atoms in total. The second-order valence-corrected chi connectivity index (χ2v) is 5.91. The van der Waals surface area contributed by atoms with E-state index in [1.165, 1.54) is 0 Å². The van der Waals surface area contributed by atoms with Crippen LogP contribution in [0.3, 0.4) is 0 Å². The molecule has 0 unspecified atom stereocenters. The van der Waals surface area contributed by atoms with Gasteiger partial charge in [-0.25, -0.2) is 9.50 Å². The SMILES string of the molecule is COc1ccc(-c2cc(Cl)n3ncc(C(C)C)c3n2)cc1OC. The second kappa shape index (κ2) is 6.08. The maximum atomic E-state index is 6.37. The van der Waals surface area contributed by atoms with Gasteiger partial charge in [0.2, 0.25) is 0 Å². The van der Waals surface area contributed by atoms with Crippen molar-refractivity contribution >= 4 is 17.2 Å². The monoisotopic (exact) mass is 331 g/mol. The third-order valence-corrected chi connectivity index (χ3v) is 4.03. The number of halogens is 1. The van der Waals surface area contributed by atoms with Gasteiger partial charge in [-0.3, -0.25) is 0 Å². The Balaban J connectivity index is 2.18. The molecule has 0 saturated heterocycles. The summed E-state index contributed by atoms with van der Waals surface area (Å²) in [6.45, 7) is 4.21.